The van der Waals surface area contributed by atoms with Gasteiger partial charge in [0, 0.05) is 23.5 Å². The zero-order chi connectivity index (χ0) is 26.6. The fourth-order valence-corrected chi connectivity index (χ4v) is 4.06. The van der Waals surface area contributed by atoms with Gasteiger partial charge in [0.1, 0.15) is 24.2 Å². The van der Waals surface area contributed by atoms with Crippen LogP contribution in [0.1, 0.15) is 46.6 Å². The number of ketones is 1. The second-order valence-electron chi connectivity index (χ2n) is 10.00. The zero-order valence-corrected chi connectivity index (χ0v) is 22.2. The molecule has 37 heavy (non-hydrogen) atoms. The summed E-state index contributed by atoms with van der Waals surface area (Å²) in [6, 6.07) is 17.3. The predicted octanol–water partition coefficient (Wildman–Crippen LogP) is 6.51. The zero-order valence-electron chi connectivity index (χ0n) is 22.2. The van der Waals surface area contributed by atoms with Crippen LogP contribution in [0.15, 0.2) is 60.8 Å². The monoisotopic (exact) mass is 501 g/mol. The summed E-state index contributed by atoms with van der Waals surface area (Å²) in [4.78, 5) is 31.3. The molecule has 0 fully saturated rings. The maximum Gasteiger partial charge on any atom is 0.326 e. The van der Waals surface area contributed by atoms with Crippen molar-refractivity contribution in [2.75, 3.05) is 23.4 Å². The number of amides is 2. The smallest absolute Gasteiger partial charge is 0.326 e. The third-order valence-corrected chi connectivity index (χ3v) is 6.87. The van der Waals surface area contributed by atoms with E-state index in [0.717, 1.165) is 40.9 Å². The first-order chi connectivity index (χ1) is 17.7. The maximum atomic E-state index is 13.3. The number of pyridine rings is 1. The van der Waals surface area contributed by atoms with Gasteiger partial charge in [-0.3, -0.25) is 9.69 Å². The van der Waals surface area contributed by atoms with E-state index in [0.29, 0.717) is 18.2 Å². The van der Waals surface area contributed by atoms with Crippen molar-refractivity contribution in [1.29, 1.82) is 0 Å². The molecule has 1 aliphatic heterocycles. The lowest BCUT2D eigenvalue weighted by Gasteiger charge is -2.35. The van der Waals surface area contributed by atoms with E-state index >= 15 is 0 Å². The molecule has 0 saturated heterocycles. The fourth-order valence-electron chi connectivity index (χ4n) is 4.06. The maximum absolute atomic E-state index is 13.3. The van der Waals surface area contributed by atoms with E-state index in [1.54, 1.807) is 24.1 Å². The van der Waals surface area contributed by atoms with E-state index < -0.39 is 5.41 Å². The van der Waals surface area contributed by atoms with Crippen molar-refractivity contribution in [3.05, 3.63) is 66.4 Å². The molecule has 2 aromatic carbocycles. The van der Waals surface area contributed by atoms with Crippen LogP contribution < -0.4 is 19.7 Å². The number of rotatable bonds is 8. The van der Waals surface area contributed by atoms with Gasteiger partial charge in [-0.2, -0.15) is 0 Å². The van der Waals surface area contributed by atoms with Crippen LogP contribution >= 0.6 is 0 Å². The van der Waals surface area contributed by atoms with Gasteiger partial charge in [0.05, 0.1) is 17.6 Å². The summed E-state index contributed by atoms with van der Waals surface area (Å²) < 4.78 is 12.0. The Morgan fingerprint density at radius 2 is 1.86 bits per heavy atom. The number of Topliss-reactive ketones (excluding diaryl/α,β-unsaturated/α-hetero) is 1. The van der Waals surface area contributed by atoms with E-state index in [1.807, 2.05) is 62.4 Å². The van der Waals surface area contributed by atoms with Crippen LogP contribution in [0.4, 0.5) is 16.2 Å². The number of aromatic nitrogens is 1. The molecular formula is C30H35N3O4. The molecule has 2 amide bonds. The molecule has 0 radical (unpaired) electrons. The lowest BCUT2D eigenvalue weighted by Crippen LogP contribution is -2.45. The second-order valence-corrected chi connectivity index (χ2v) is 10.00. The SMILES string of the molecule is CCc1ccccc1NC(=O)N1CC(CC)Oc2cc(-c3ccc(OCC(C)(C)C(C)=O)nc3)ccc21. The van der Waals surface area contributed by atoms with Crippen molar-refractivity contribution in [3.8, 4) is 22.8 Å². The number of hydrogen-bond acceptors (Lipinski definition) is 5. The number of para-hydroxylation sites is 1. The summed E-state index contributed by atoms with van der Waals surface area (Å²) in [7, 11) is 0. The van der Waals surface area contributed by atoms with E-state index in [1.165, 1.54) is 0 Å². The molecule has 0 spiro atoms. The van der Waals surface area contributed by atoms with Gasteiger partial charge in [0.15, 0.2) is 0 Å². The Bertz CT molecular complexity index is 1270. The third kappa shape index (κ3) is 5.93. The molecular weight excluding hydrogens is 466 g/mol. The van der Waals surface area contributed by atoms with Gasteiger partial charge < -0.3 is 14.8 Å². The van der Waals surface area contributed by atoms with Crippen molar-refractivity contribution < 1.29 is 19.1 Å². The van der Waals surface area contributed by atoms with E-state index in [2.05, 4.69) is 24.1 Å². The lowest BCUT2D eigenvalue weighted by atomic mass is 9.90. The minimum atomic E-state index is -0.567. The number of carbonyl (C=O) groups is 2. The van der Waals surface area contributed by atoms with E-state index in [4.69, 9.17) is 9.47 Å². The van der Waals surface area contributed by atoms with Crippen LogP contribution in [-0.2, 0) is 11.2 Å². The first-order valence-electron chi connectivity index (χ1n) is 12.8. The summed E-state index contributed by atoms with van der Waals surface area (Å²) in [5, 5.41) is 3.09. The molecule has 1 aliphatic rings. The molecule has 2 heterocycles. The number of urea groups is 1. The summed E-state index contributed by atoms with van der Waals surface area (Å²) in [5.41, 5.74) is 3.91. The van der Waals surface area contributed by atoms with Gasteiger partial charge in [-0.25, -0.2) is 9.78 Å². The van der Waals surface area contributed by atoms with Gasteiger partial charge in [0.2, 0.25) is 5.88 Å². The van der Waals surface area contributed by atoms with Gasteiger partial charge in [-0.1, -0.05) is 38.1 Å². The average Bonchev–Trinajstić information content (AvgIpc) is 2.91. The minimum Gasteiger partial charge on any atom is -0.486 e. The van der Waals surface area contributed by atoms with Crippen LogP contribution in [0.2, 0.25) is 0 Å². The summed E-state index contributed by atoms with van der Waals surface area (Å²) in [6.07, 6.45) is 3.25. The standard InChI is InChI=1S/C30H35N3O4/c1-6-21-10-8-9-11-25(21)32-29(35)33-18-24(7-2)37-27-16-22(12-14-26(27)33)23-13-15-28(31-17-23)36-19-30(4,5)20(3)34/h8-17,24H,6-7,18-19H2,1-5H3,(H,32,35). The second kappa shape index (κ2) is 11.0. The van der Waals surface area contributed by atoms with Crippen LogP contribution in [0.5, 0.6) is 11.6 Å². The molecule has 3 aromatic rings. The van der Waals surface area contributed by atoms with Crippen molar-refractivity contribution in [2.45, 2.75) is 53.6 Å². The predicted molar refractivity (Wildman–Crippen MR) is 147 cm³/mol. The Balaban J connectivity index is 1.54. The number of nitrogens with one attached hydrogen (secondary N) is 1. The van der Waals surface area contributed by atoms with Gasteiger partial charge in [-0.05, 0) is 69.0 Å². The first-order valence-corrected chi connectivity index (χ1v) is 12.8. The van der Waals surface area contributed by atoms with Crippen molar-refractivity contribution in [2.24, 2.45) is 5.41 Å². The number of hydrogen-bond donors (Lipinski definition) is 1. The minimum absolute atomic E-state index is 0.0702. The normalized spacial score (nSPS) is 14.9. The molecule has 0 aliphatic carbocycles. The topological polar surface area (TPSA) is 80.8 Å². The molecule has 1 atom stereocenters. The van der Waals surface area contributed by atoms with Crippen LogP contribution in [0.3, 0.4) is 0 Å². The molecule has 194 valence electrons. The molecule has 1 aromatic heterocycles. The Morgan fingerprint density at radius 3 is 2.54 bits per heavy atom. The lowest BCUT2D eigenvalue weighted by molar-refractivity contribution is -0.126. The third-order valence-electron chi connectivity index (χ3n) is 6.87. The Hall–Kier alpha value is -3.87. The molecule has 1 N–H and O–H groups in total. The largest absolute Gasteiger partial charge is 0.486 e. The molecule has 7 nitrogen and oxygen atoms in total. The Morgan fingerprint density at radius 1 is 1.11 bits per heavy atom. The van der Waals surface area contributed by atoms with Crippen LogP contribution in [0.25, 0.3) is 11.1 Å². The number of benzene rings is 2. The highest BCUT2D eigenvalue weighted by Crippen LogP contribution is 2.38. The highest BCUT2D eigenvalue weighted by molar-refractivity contribution is 6.03. The van der Waals surface area contributed by atoms with Crippen LogP contribution in [0, 0.1) is 5.41 Å². The summed E-state index contributed by atoms with van der Waals surface area (Å²) >= 11 is 0. The van der Waals surface area contributed by atoms with Crippen molar-refractivity contribution in [3.63, 3.8) is 0 Å². The fraction of sp³-hybridized carbons (Fsp3) is 0.367. The van der Waals surface area contributed by atoms with Crippen LogP contribution in [-0.4, -0.2) is 36.1 Å². The highest BCUT2D eigenvalue weighted by Gasteiger charge is 2.30. The molecule has 0 bridgehead atoms. The Labute approximate surface area is 218 Å². The number of carbonyl (C=O) groups excluding carboxylic acids is 2. The van der Waals surface area contributed by atoms with E-state index in [-0.39, 0.29) is 24.5 Å². The summed E-state index contributed by atoms with van der Waals surface area (Å²) in [5.74, 6) is 1.20. The molecule has 7 heteroatoms. The van der Waals surface area contributed by atoms with Gasteiger partial charge >= 0.3 is 6.03 Å². The van der Waals surface area contributed by atoms with Gasteiger partial charge in [-0.15, -0.1) is 0 Å². The van der Waals surface area contributed by atoms with Crippen molar-refractivity contribution >= 4 is 23.2 Å². The van der Waals surface area contributed by atoms with Gasteiger partial charge in [0.25, 0.3) is 0 Å². The average molecular weight is 502 g/mol. The first kappa shape index (κ1) is 26.2. The number of nitrogens with zero attached hydrogens (tertiary/aromatic N) is 2. The molecule has 4 rings (SSSR count). The van der Waals surface area contributed by atoms with Crippen molar-refractivity contribution in [1.82, 2.24) is 4.98 Å². The number of fused-ring (bicyclic) bond motifs is 1. The Kier molecular flexibility index (Phi) is 7.81. The number of ether oxygens (including phenoxy) is 2. The number of aryl methyl sites for hydroxylation is 1. The van der Waals surface area contributed by atoms with E-state index in [9.17, 15) is 9.59 Å². The molecule has 0 saturated carbocycles. The summed E-state index contributed by atoms with van der Waals surface area (Å²) in [6.45, 7) is 10.1. The number of anilines is 2. The quantitative estimate of drug-likeness (QED) is 0.380. The highest BCUT2D eigenvalue weighted by atomic mass is 16.5. The molecule has 1 unspecified atom stereocenters.